The van der Waals surface area contributed by atoms with Gasteiger partial charge >= 0.3 is 6.09 Å². The summed E-state index contributed by atoms with van der Waals surface area (Å²) >= 11 is 0. The Balaban J connectivity index is 1.51. The SMILES string of the molecule is CC(C)N(CCOc1ccc(C[C@H](C[C@H](O)[C@H](CC2CCCCC2)NC(=O)OC(C)(C)C)C(=O)N[C@H]2c3ccccc3C[C@H]2O)cc1)C(C)C. The minimum Gasteiger partial charge on any atom is -0.492 e. The number of ether oxygens (including phenoxy) is 2. The first-order chi connectivity index (χ1) is 23.7. The molecule has 9 nitrogen and oxygen atoms in total. The fourth-order valence-corrected chi connectivity index (χ4v) is 7.70. The van der Waals surface area contributed by atoms with E-state index in [1.54, 1.807) is 0 Å². The van der Waals surface area contributed by atoms with Gasteiger partial charge < -0.3 is 30.3 Å². The third kappa shape index (κ3) is 12.0. The average Bonchev–Trinajstić information content (AvgIpc) is 3.36. The van der Waals surface area contributed by atoms with Gasteiger partial charge in [0.15, 0.2) is 0 Å². The number of rotatable bonds is 16. The van der Waals surface area contributed by atoms with Gasteiger partial charge in [-0.05, 0) is 102 Å². The standard InChI is InChI=1S/C41H63N3O6/c1-27(2)44(28(3)4)21-22-49-33-19-17-30(18-20-33)23-32(39(47)43-38-34-16-12-11-15-31(34)25-37(38)46)26-36(45)35(24-29-13-9-8-10-14-29)42-40(48)50-41(5,6)7/h11-12,15-20,27-29,32,35-38,45-46H,8-10,13-14,21-26H2,1-7H3,(H,42,48)(H,43,47)/t32-,35+,36+,37-,38+/m1/s1. The molecule has 1 fully saturated rings. The molecule has 0 heterocycles. The van der Waals surface area contributed by atoms with Crippen LogP contribution in [0.2, 0.25) is 0 Å². The van der Waals surface area contributed by atoms with Crippen molar-refractivity contribution < 1.29 is 29.3 Å². The Bertz CT molecular complexity index is 1340. The number of amides is 2. The highest BCUT2D eigenvalue weighted by Gasteiger charge is 2.36. The first-order valence-electron chi connectivity index (χ1n) is 18.9. The molecule has 0 bridgehead atoms. The van der Waals surface area contributed by atoms with E-state index in [1.807, 2.05) is 69.3 Å². The highest BCUT2D eigenvalue weighted by Crippen LogP contribution is 2.33. The monoisotopic (exact) mass is 693 g/mol. The van der Waals surface area contributed by atoms with Gasteiger partial charge in [0, 0.05) is 31.0 Å². The van der Waals surface area contributed by atoms with Gasteiger partial charge in [0.1, 0.15) is 18.0 Å². The molecule has 4 N–H and O–H groups in total. The molecule has 1 saturated carbocycles. The number of fused-ring (bicyclic) bond motifs is 1. The van der Waals surface area contributed by atoms with Gasteiger partial charge in [0.05, 0.1) is 24.3 Å². The summed E-state index contributed by atoms with van der Waals surface area (Å²) in [6.45, 7) is 15.6. The summed E-state index contributed by atoms with van der Waals surface area (Å²) in [5, 5.41) is 28.8. The van der Waals surface area contributed by atoms with Crippen molar-refractivity contribution in [3.05, 3.63) is 65.2 Å². The molecule has 278 valence electrons. The minimum absolute atomic E-state index is 0.141. The molecule has 2 aliphatic rings. The lowest BCUT2D eigenvalue weighted by atomic mass is 9.82. The first-order valence-corrected chi connectivity index (χ1v) is 18.9. The summed E-state index contributed by atoms with van der Waals surface area (Å²) in [6.07, 6.45) is 4.96. The zero-order valence-corrected chi connectivity index (χ0v) is 31.5. The van der Waals surface area contributed by atoms with Gasteiger partial charge in [-0.1, -0.05) is 68.5 Å². The van der Waals surface area contributed by atoms with Gasteiger partial charge in [0.2, 0.25) is 5.91 Å². The molecule has 0 spiro atoms. The van der Waals surface area contributed by atoms with E-state index in [2.05, 4.69) is 43.2 Å². The Morgan fingerprint density at radius 1 is 0.960 bits per heavy atom. The quantitative estimate of drug-likeness (QED) is 0.154. The van der Waals surface area contributed by atoms with Crippen LogP contribution in [0.4, 0.5) is 4.79 Å². The molecule has 2 aromatic rings. The van der Waals surface area contributed by atoms with Gasteiger partial charge in [-0.25, -0.2) is 4.79 Å². The molecule has 0 saturated heterocycles. The van der Waals surface area contributed by atoms with Gasteiger partial charge in [-0.3, -0.25) is 9.69 Å². The average molecular weight is 694 g/mol. The zero-order chi connectivity index (χ0) is 36.4. The smallest absolute Gasteiger partial charge is 0.407 e. The Morgan fingerprint density at radius 2 is 1.62 bits per heavy atom. The van der Waals surface area contributed by atoms with Crippen molar-refractivity contribution in [2.75, 3.05) is 13.2 Å². The van der Waals surface area contributed by atoms with Crippen molar-refractivity contribution in [3.8, 4) is 5.75 Å². The highest BCUT2D eigenvalue weighted by atomic mass is 16.6. The molecule has 50 heavy (non-hydrogen) atoms. The lowest BCUT2D eigenvalue weighted by molar-refractivity contribution is -0.127. The maximum atomic E-state index is 14.1. The predicted octanol–water partition coefficient (Wildman–Crippen LogP) is 6.73. The zero-order valence-electron chi connectivity index (χ0n) is 31.5. The van der Waals surface area contributed by atoms with Crippen molar-refractivity contribution in [3.63, 3.8) is 0 Å². The number of carbonyl (C=O) groups is 2. The maximum Gasteiger partial charge on any atom is 0.407 e. The Morgan fingerprint density at radius 3 is 2.26 bits per heavy atom. The Labute approximate surface area is 300 Å². The predicted molar refractivity (Wildman–Crippen MR) is 198 cm³/mol. The van der Waals surface area contributed by atoms with Crippen molar-refractivity contribution >= 4 is 12.0 Å². The van der Waals surface area contributed by atoms with E-state index in [0.717, 1.165) is 54.7 Å². The number of hydrogen-bond acceptors (Lipinski definition) is 7. The molecule has 0 radical (unpaired) electrons. The molecule has 4 rings (SSSR count). The van der Waals surface area contributed by atoms with Crippen LogP contribution in [0.5, 0.6) is 5.75 Å². The summed E-state index contributed by atoms with van der Waals surface area (Å²) in [4.78, 5) is 29.5. The number of carbonyl (C=O) groups excluding carboxylic acids is 2. The summed E-state index contributed by atoms with van der Waals surface area (Å²) < 4.78 is 11.7. The van der Waals surface area contributed by atoms with Crippen LogP contribution in [0.25, 0.3) is 0 Å². The molecule has 2 aliphatic carbocycles. The minimum atomic E-state index is -0.978. The van der Waals surface area contributed by atoms with Gasteiger partial charge in [0.25, 0.3) is 0 Å². The second-order valence-corrected chi connectivity index (χ2v) is 16.1. The van der Waals surface area contributed by atoms with E-state index in [1.165, 1.54) is 6.42 Å². The van der Waals surface area contributed by atoms with E-state index in [-0.39, 0.29) is 12.3 Å². The summed E-state index contributed by atoms with van der Waals surface area (Å²) in [5.74, 6) is 0.302. The topological polar surface area (TPSA) is 120 Å². The van der Waals surface area contributed by atoms with E-state index in [9.17, 15) is 19.8 Å². The molecule has 0 aliphatic heterocycles. The van der Waals surface area contributed by atoms with E-state index >= 15 is 0 Å². The second kappa shape index (κ2) is 18.4. The van der Waals surface area contributed by atoms with E-state index < -0.39 is 41.9 Å². The molecule has 0 unspecified atom stereocenters. The summed E-state index contributed by atoms with van der Waals surface area (Å²) in [5.41, 5.74) is 2.21. The van der Waals surface area contributed by atoms with Crippen LogP contribution in [0.15, 0.2) is 48.5 Å². The lowest BCUT2D eigenvalue weighted by Gasteiger charge is -2.32. The molecule has 9 heteroatoms. The normalized spacial score (nSPS) is 20.0. The molecular formula is C41H63N3O6. The van der Waals surface area contributed by atoms with Crippen LogP contribution >= 0.6 is 0 Å². The number of nitrogens with zero attached hydrogens (tertiary/aromatic N) is 1. The van der Waals surface area contributed by atoms with E-state index in [4.69, 9.17) is 9.47 Å². The van der Waals surface area contributed by atoms with Gasteiger partial charge in [-0.15, -0.1) is 0 Å². The van der Waals surface area contributed by atoms with Gasteiger partial charge in [-0.2, -0.15) is 0 Å². The van der Waals surface area contributed by atoms with Crippen LogP contribution < -0.4 is 15.4 Å². The molecule has 5 atom stereocenters. The van der Waals surface area contributed by atoms with Crippen LogP contribution in [-0.2, 0) is 22.4 Å². The summed E-state index contributed by atoms with van der Waals surface area (Å²) in [7, 11) is 0. The number of benzene rings is 2. The van der Waals surface area contributed by atoms with Crippen LogP contribution in [0.3, 0.4) is 0 Å². The first kappa shape index (κ1) is 39.6. The van der Waals surface area contributed by atoms with Crippen molar-refractivity contribution in [2.24, 2.45) is 11.8 Å². The van der Waals surface area contributed by atoms with E-state index in [0.29, 0.717) is 43.9 Å². The van der Waals surface area contributed by atoms with Crippen LogP contribution in [0, 0.1) is 11.8 Å². The highest BCUT2D eigenvalue weighted by molar-refractivity contribution is 5.80. The molecular weight excluding hydrogens is 630 g/mol. The third-order valence-corrected chi connectivity index (χ3v) is 10.2. The van der Waals surface area contributed by atoms with Crippen molar-refractivity contribution in [1.82, 2.24) is 15.5 Å². The van der Waals surface area contributed by atoms with Crippen LogP contribution in [0.1, 0.15) is 116 Å². The second-order valence-electron chi connectivity index (χ2n) is 16.1. The number of nitrogens with one attached hydrogen (secondary N) is 2. The van der Waals surface area contributed by atoms with Crippen molar-refractivity contribution in [2.45, 2.75) is 148 Å². The van der Waals surface area contributed by atoms with Crippen LogP contribution in [-0.4, -0.2) is 76.2 Å². The lowest BCUT2D eigenvalue weighted by Crippen LogP contribution is -2.48. The molecule has 0 aromatic heterocycles. The number of hydrogen-bond donors (Lipinski definition) is 4. The number of aliphatic hydroxyl groups is 2. The Kier molecular flexibility index (Phi) is 14.6. The summed E-state index contributed by atoms with van der Waals surface area (Å²) in [6, 6.07) is 15.4. The fourth-order valence-electron chi connectivity index (χ4n) is 7.70. The maximum absolute atomic E-state index is 14.1. The fraction of sp³-hybridized carbons (Fsp3) is 0.659. The van der Waals surface area contributed by atoms with Crippen molar-refractivity contribution in [1.29, 1.82) is 0 Å². The number of alkyl carbamates (subject to hydrolysis) is 1. The molecule has 2 aromatic carbocycles. The third-order valence-electron chi connectivity index (χ3n) is 10.2. The number of aliphatic hydroxyl groups excluding tert-OH is 2. The largest absolute Gasteiger partial charge is 0.492 e. The Hall–Kier alpha value is -3.14. The molecule has 2 amide bonds.